The number of aliphatic hydroxyl groups excluding tert-OH is 3. The summed E-state index contributed by atoms with van der Waals surface area (Å²) in [6.07, 6.45) is 12.6. The summed E-state index contributed by atoms with van der Waals surface area (Å²) in [6, 6.07) is 0.249. The van der Waals surface area contributed by atoms with Crippen LogP contribution in [0.5, 0.6) is 0 Å². The molecule has 6 rings (SSSR count). The first-order valence-electron chi connectivity index (χ1n) is 21.5. The summed E-state index contributed by atoms with van der Waals surface area (Å²) in [5.74, 6) is -0.0280. The SMILES string of the molecule is COC1CC(CC[C@H]2C[C@H](O)C[C@H](C3CC(OC)C(O)C(OC[C@H]4[NH2+][C@H](C)CC[C@]4(CC4CC[NH2+]C(N)C4)C4(C(=O)[O-])CCCCC4)C3)O2)CCC1O. The molecule has 12 nitrogen and oxygen atoms in total. The standard InChI is InChI=1S/C41H73N3O9/c1-25-11-15-41(23-27-12-16-43-37(42)18-27,40(39(48)49)13-5-4-6-14-40)36(44-25)24-52-35-20-28(19-34(51-3)38(35)47)32-22-29(45)21-30(53-32)9-7-26-8-10-31(46)33(17-26)50-2/h25-38,43-47H,4-24,42H2,1-3H3,(H,48,49)/p+1/t25-,26?,27?,28?,29+,30+,31?,32-,33?,34?,35?,36-,37?,38?,41-/m1/s1. The number of quaternary nitrogens is 2. The number of rotatable bonds is 13. The zero-order chi connectivity index (χ0) is 37.8. The predicted octanol–water partition coefficient (Wildman–Crippen LogP) is 0.472. The monoisotopic (exact) mass is 753 g/mol. The van der Waals surface area contributed by atoms with Crippen molar-refractivity contribution in [2.45, 2.75) is 196 Å². The lowest BCUT2D eigenvalue weighted by Crippen LogP contribution is -3.01. The van der Waals surface area contributed by atoms with Crippen molar-refractivity contribution in [2.24, 2.45) is 34.3 Å². The van der Waals surface area contributed by atoms with Crippen molar-refractivity contribution >= 4 is 5.97 Å². The van der Waals surface area contributed by atoms with Crippen LogP contribution in [0.25, 0.3) is 0 Å². The first kappa shape index (κ1) is 41.7. The highest BCUT2D eigenvalue weighted by atomic mass is 16.5. The number of carboxylic acid groups (broad SMARTS) is 1. The number of hydrogen-bond donors (Lipinski definition) is 6. The fraction of sp³-hybridized carbons (Fsp3) is 0.976. The lowest BCUT2D eigenvalue weighted by molar-refractivity contribution is -0.747. The fourth-order valence-corrected chi connectivity index (χ4v) is 12.3. The van der Waals surface area contributed by atoms with Crippen LogP contribution < -0.4 is 21.5 Å². The average molecular weight is 753 g/mol. The van der Waals surface area contributed by atoms with Crippen LogP contribution in [0.1, 0.15) is 129 Å². The first-order chi connectivity index (χ1) is 25.5. The molecule has 9 unspecified atom stereocenters. The van der Waals surface area contributed by atoms with Crippen LogP contribution in [0, 0.1) is 28.6 Å². The van der Waals surface area contributed by atoms with Crippen LogP contribution in [-0.2, 0) is 23.7 Å². The number of hydrogen-bond acceptors (Lipinski definition) is 10. The molecular weight excluding hydrogens is 678 g/mol. The molecular formula is C41H74N3O9+. The van der Waals surface area contributed by atoms with Gasteiger partial charge >= 0.3 is 0 Å². The summed E-state index contributed by atoms with van der Waals surface area (Å²) < 4.78 is 25.1. The third kappa shape index (κ3) is 9.45. The van der Waals surface area contributed by atoms with Gasteiger partial charge in [-0.25, -0.2) is 0 Å². The molecule has 0 aromatic rings. The molecule has 0 aromatic carbocycles. The van der Waals surface area contributed by atoms with Gasteiger partial charge in [-0.05, 0) is 121 Å². The third-order valence-corrected chi connectivity index (χ3v) is 15.3. The maximum absolute atomic E-state index is 13.5. The molecule has 0 spiro atoms. The van der Waals surface area contributed by atoms with Gasteiger partial charge in [-0.3, -0.25) is 5.73 Å². The van der Waals surface area contributed by atoms with E-state index in [1.165, 1.54) is 0 Å². The molecule has 0 bridgehead atoms. The van der Waals surface area contributed by atoms with Gasteiger partial charge in [0.05, 0.1) is 61.9 Å². The largest absolute Gasteiger partial charge is 0.550 e. The summed E-state index contributed by atoms with van der Waals surface area (Å²) in [5, 5.41) is 51.0. The van der Waals surface area contributed by atoms with Gasteiger partial charge < -0.3 is 54.8 Å². The number of carbonyl (C=O) groups is 1. The average Bonchev–Trinajstić information content (AvgIpc) is 3.15. The number of carboxylic acids is 1. The maximum atomic E-state index is 13.5. The molecule has 0 aromatic heterocycles. The molecule has 3 aliphatic carbocycles. The van der Waals surface area contributed by atoms with E-state index in [4.69, 9.17) is 24.7 Å². The number of methoxy groups -OCH3 is 2. The lowest BCUT2D eigenvalue weighted by Gasteiger charge is -2.59. The van der Waals surface area contributed by atoms with E-state index in [1.54, 1.807) is 14.2 Å². The molecule has 3 heterocycles. The van der Waals surface area contributed by atoms with Crippen molar-refractivity contribution in [3.8, 4) is 0 Å². The number of ether oxygens (including phenoxy) is 4. The summed E-state index contributed by atoms with van der Waals surface area (Å²) in [5.41, 5.74) is 5.05. The quantitative estimate of drug-likeness (QED) is 0.154. The van der Waals surface area contributed by atoms with E-state index < -0.39 is 47.3 Å². The molecule has 3 aliphatic heterocycles. The van der Waals surface area contributed by atoms with Gasteiger partial charge in [-0.2, -0.15) is 0 Å². The van der Waals surface area contributed by atoms with E-state index in [2.05, 4.69) is 17.6 Å². The van der Waals surface area contributed by atoms with E-state index in [-0.39, 0.29) is 36.4 Å². The minimum Gasteiger partial charge on any atom is -0.550 e. The van der Waals surface area contributed by atoms with E-state index >= 15 is 0 Å². The highest BCUT2D eigenvalue weighted by Gasteiger charge is 2.61. The van der Waals surface area contributed by atoms with E-state index in [1.807, 2.05) is 0 Å². The van der Waals surface area contributed by atoms with Gasteiger partial charge in [0, 0.05) is 37.4 Å². The highest BCUT2D eigenvalue weighted by Crippen LogP contribution is 2.58. The van der Waals surface area contributed by atoms with Crippen LogP contribution >= 0.6 is 0 Å². The van der Waals surface area contributed by atoms with Crippen LogP contribution in [-0.4, -0.2) is 116 Å². The molecule has 53 heavy (non-hydrogen) atoms. The summed E-state index contributed by atoms with van der Waals surface area (Å²) in [7, 11) is 3.31. The normalized spacial score (nSPS) is 45.4. The molecule has 3 saturated heterocycles. The van der Waals surface area contributed by atoms with Gasteiger partial charge in [-0.1, -0.05) is 19.3 Å². The van der Waals surface area contributed by atoms with Crippen LogP contribution in [0.4, 0.5) is 0 Å². The maximum Gasteiger partial charge on any atom is 0.137 e. The molecule has 15 atom stereocenters. The van der Waals surface area contributed by atoms with Crippen molar-refractivity contribution in [1.82, 2.24) is 0 Å². The smallest absolute Gasteiger partial charge is 0.137 e. The third-order valence-electron chi connectivity index (χ3n) is 15.3. The van der Waals surface area contributed by atoms with E-state index in [0.717, 1.165) is 90.0 Å². The Kier molecular flexibility index (Phi) is 14.6. The van der Waals surface area contributed by atoms with Crippen LogP contribution in [0.3, 0.4) is 0 Å². The Morgan fingerprint density at radius 3 is 2.34 bits per heavy atom. The van der Waals surface area contributed by atoms with Crippen molar-refractivity contribution in [1.29, 1.82) is 0 Å². The Bertz CT molecular complexity index is 1160. The molecule has 9 N–H and O–H groups in total. The van der Waals surface area contributed by atoms with Gasteiger partial charge in [0.2, 0.25) is 0 Å². The second-order valence-electron chi connectivity index (χ2n) is 18.6. The minimum atomic E-state index is -0.910. The molecule has 6 aliphatic rings. The molecule has 306 valence electrons. The second kappa shape index (κ2) is 18.6. The van der Waals surface area contributed by atoms with Gasteiger partial charge in [0.25, 0.3) is 0 Å². The Morgan fingerprint density at radius 2 is 1.62 bits per heavy atom. The zero-order valence-corrected chi connectivity index (χ0v) is 33.0. The van der Waals surface area contributed by atoms with E-state index in [0.29, 0.717) is 63.0 Å². The Hall–Kier alpha value is -0.930. The predicted molar refractivity (Wildman–Crippen MR) is 196 cm³/mol. The van der Waals surface area contributed by atoms with E-state index in [9.17, 15) is 25.2 Å². The van der Waals surface area contributed by atoms with Crippen molar-refractivity contribution in [3.63, 3.8) is 0 Å². The summed E-state index contributed by atoms with van der Waals surface area (Å²) in [6.45, 7) is 3.55. The van der Waals surface area contributed by atoms with Crippen molar-refractivity contribution < 1.29 is 54.8 Å². The highest BCUT2D eigenvalue weighted by molar-refractivity contribution is 5.74. The topological polar surface area (TPSA) is 197 Å². The zero-order valence-electron chi connectivity index (χ0n) is 33.0. The summed E-state index contributed by atoms with van der Waals surface area (Å²) in [4.78, 5) is 13.5. The Labute approximate surface area is 318 Å². The fourth-order valence-electron chi connectivity index (χ4n) is 12.3. The number of aliphatic hydroxyl groups is 3. The molecule has 0 amide bonds. The van der Waals surface area contributed by atoms with Crippen LogP contribution in [0.15, 0.2) is 0 Å². The Balaban J connectivity index is 1.17. The van der Waals surface area contributed by atoms with Gasteiger partial charge in [-0.15, -0.1) is 0 Å². The number of piperidine rings is 2. The number of aliphatic carboxylic acids is 1. The van der Waals surface area contributed by atoms with Gasteiger partial charge in [0.1, 0.15) is 18.3 Å². The van der Waals surface area contributed by atoms with Gasteiger partial charge in [0.15, 0.2) is 0 Å². The summed E-state index contributed by atoms with van der Waals surface area (Å²) >= 11 is 0. The molecule has 0 radical (unpaired) electrons. The number of nitrogens with two attached hydrogens (primary N) is 3. The Morgan fingerprint density at radius 1 is 0.868 bits per heavy atom. The molecule has 3 saturated carbocycles. The van der Waals surface area contributed by atoms with Crippen molar-refractivity contribution in [2.75, 3.05) is 27.4 Å². The minimum absolute atomic E-state index is 0.0420. The molecule has 12 heteroatoms. The number of carbonyl (C=O) groups excluding carboxylic acids is 1. The second-order valence-corrected chi connectivity index (χ2v) is 18.6. The van der Waals surface area contributed by atoms with Crippen LogP contribution in [0.2, 0.25) is 0 Å². The first-order valence-corrected chi connectivity index (χ1v) is 21.5. The molecule has 6 fully saturated rings. The van der Waals surface area contributed by atoms with Crippen molar-refractivity contribution in [3.05, 3.63) is 0 Å². The lowest BCUT2D eigenvalue weighted by atomic mass is 9.48.